The predicted molar refractivity (Wildman–Crippen MR) is 59.4 cm³/mol. The van der Waals surface area contributed by atoms with Crippen LogP contribution in [0.2, 0.25) is 0 Å². The van der Waals surface area contributed by atoms with Crippen LogP contribution in [-0.2, 0) is 9.59 Å². The second kappa shape index (κ2) is 3.03. The Morgan fingerprint density at radius 1 is 0.941 bits per heavy atom. The lowest BCUT2D eigenvalue weighted by molar-refractivity contribution is -0.205. The molecule has 0 aromatic rings. The van der Waals surface area contributed by atoms with Crippen molar-refractivity contribution in [3.63, 3.8) is 0 Å². The fourth-order valence-corrected chi connectivity index (χ4v) is 5.13. The monoisotopic (exact) mass is 238 g/mol. The van der Waals surface area contributed by atoms with Crippen molar-refractivity contribution in [1.82, 2.24) is 0 Å². The summed E-state index contributed by atoms with van der Waals surface area (Å²) >= 11 is 0. The zero-order chi connectivity index (χ0) is 12.4. The second-order valence-corrected chi connectivity index (χ2v) is 6.43. The van der Waals surface area contributed by atoms with Crippen molar-refractivity contribution in [2.45, 2.75) is 39.0 Å². The highest BCUT2D eigenvalue weighted by atomic mass is 16.4. The molecule has 0 atom stereocenters. The van der Waals surface area contributed by atoms with Gasteiger partial charge in [-0.15, -0.1) is 0 Å². The van der Waals surface area contributed by atoms with E-state index >= 15 is 0 Å². The average Bonchev–Trinajstić information content (AvgIpc) is 2.23. The molecule has 0 aromatic heterocycles. The largest absolute Gasteiger partial charge is 0.481 e. The van der Waals surface area contributed by atoms with Crippen molar-refractivity contribution in [1.29, 1.82) is 0 Å². The number of aliphatic carboxylic acids is 2. The van der Waals surface area contributed by atoms with E-state index in [2.05, 4.69) is 0 Å². The van der Waals surface area contributed by atoms with E-state index in [4.69, 9.17) is 0 Å². The minimum atomic E-state index is -0.773. The summed E-state index contributed by atoms with van der Waals surface area (Å²) in [7, 11) is 0. The van der Waals surface area contributed by atoms with Crippen molar-refractivity contribution in [2.24, 2.45) is 28.6 Å². The van der Waals surface area contributed by atoms with Gasteiger partial charge in [0.05, 0.1) is 10.8 Å². The third kappa shape index (κ3) is 1.14. The molecular formula is C13H18O4. The Labute approximate surface area is 100 Å². The molecule has 4 saturated carbocycles. The fourth-order valence-electron chi connectivity index (χ4n) is 5.13. The highest BCUT2D eigenvalue weighted by Gasteiger charge is 2.67. The van der Waals surface area contributed by atoms with Crippen LogP contribution in [0.15, 0.2) is 0 Å². The molecule has 0 heterocycles. The fraction of sp³-hybridized carbons (Fsp3) is 0.846. The Bertz CT molecular complexity index is 352. The number of carboxylic acids is 2. The molecule has 0 aromatic carbocycles. The van der Waals surface area contributed by atoms with E-state index in [-0.39, 0.29) is 5.92 Å². The molecule has 4 heteroatoms. The lowest BCUT2D eigenvalue weighted by atomic mass is 9.40. The van der Waals surface area contributed by atoms with Crippen LogP contribution >= 0.6 is 0 Å². The normalized spacial score (nSPS) is 51.5. The third-order valence-electron chi connectivity index (χ3n) is 5.79. The highest BCUT2D eigenvalue weighted by molar-refractivity contribution is 5.81. The molecule has 0 aliphatic heterocycles. The van der Waals surface area contributed by atoms with E-state index in [0.29, 0.717) is 37.5 Å². The molecule has 0 spiro atoms. The Kier molecular flexibility index (Phi) is 1.97. The van der Waals surface area contributed by atoms with Crippen molar-refractivity contribution in [3.05, 3.63) is 0 Å². The van der Waals surface area contributed by atoms with Gasteiger partial charge in [0.25, 0.3) is 0 Å². The van der Waals surface area contributed by atoms with E-state index in [9.17, 15) is 19.8 Å². The van der Waals surface area contributed by atoms with Crippen LogP contribution in [0.5, 0.6) is 0 Å². The van der Waals surface area contributed by atoms with Gasteiger partial charge in [-0.3, -0.25) is 9.59 Å². The van der Waals surface area contributed by atoms with Gasteiger partial charge >= 0.3 is 11.9 Å². The summed E-state index contributed by atoms with van der Waals surface area (Å²) in [6.45, 7) is 1.85. The van der Waals surface area contributed by atoms with Crippen LogP contribution in [0.3, 0.4) is 0 Å². The molecule has 4 nitrogen and oxygen atoms in total. The molecule has 94 valence electrons. The molecule has 0 unspecified atom stereocenters. The minimum Gasteiger partial charge on any atom is -0.481 e. The molecule has 4 fully saturated rings. The van der Waals surface area contributed by atoms with E-state index in [1.165, 1.54) is 0 Å². The lowest BCUT2D eigenvalue weighted by Crippen LogP contribution is -2.63. The van der Waals surface area contributed by atoms with Gasteiger partial charge in [0, 0.05) is 0 Å². The standard InChI is InChI=1S/C13H18O4/c1-7-12(10(14)15)3-8-2-9(5-12)6-13(7,4-8)11(16)17/h7-9H,2-6H2,1H3,(H,14,15)(H,16,17). The zero-order valence-electron chi connectivity index (χ0n) is 9.98. The molecule has 2 N–H and O–H groups in total. The molecule has 0 saturated heterocycles. The molecule has 4 aliphatic rings. The van der Waals surface area contributed by atoms with Crippen LogP contribution in [0.4, 0.5) is 0 Å². The van der Waals surface area contributed by atoms with Crippen molar-refractivity contribution >= 4 is 11.9 Å². The lowest BCUT2D eigenvalue weighted by Gasteiger charge is -2.62. The summed E-state index contributed by atoms with van der Waals surface area (Å²) in [4.78, 5) is 23.3. The van der Waals surface area contributed by atoms with E-state index in [1.807, 2.05) is 6.92 Å². The minimum absolute atomic E-state index is 0.238. The number of carboxylic acid groups (broad SMARTS) is 2. The number of hydrogen-bond acceptors (Lipinski definition) is 2. The first-order chi connectivity index (χ1) is 7.91. The van der Waals surface area contributed by atoms with E-state index in [0.717, 1.165) is 6.42 Å². The molecule has 4 rings (SSSR count). The van der Waals surface area contributed by atoms with Gasteiger partial charge < -0.3 is 10.2 Å². The van der Waals surface area contributed by atoms with Gasteiger partial charge in [0.1, 0.15) is 0 Å². The Morgan fingerprint density at radius 2 is 1.29 bits per heavy atom. The third-order valence-corrected chi connectivity index (χ3v) is 5.79. The van der Waals surface area contributed by atoms with Crippen molar-refractivity contribution < 1.29 is 19.8 Å². The summed E-state index contributed by atoms with van der Waals surface area (Å²) < 4.78 is 0. The predicted octanol–water partition coefficient (Wildman–Crippen LogP) is 1.99. The maximum atomic E-state index is 11.6. The van der Waals surface area contributed by atoms with Gasteiger partial charge in [-0.2, -0.15) is 0 Å². The molecule has 4 aliphatic carbocycles. The van der Waals surface area contributed by atoms with Gasteiger partial charge in [-0.1, -0.05) is 6.92 Å². The van der Waals surface area contributed by atoms with Gasteiger partial charge in [-0.05, 0) is 49.9 Å². The summed E-state index contributed by atoms with van der Waals surface area (Å²) in [6.07, 6.45) is 3.80. The van der Waals surface area contributed by atoms with Crippen LogP contribution in [0, 0.1) is 28.6 Å². The topological polar surface area (TPSA) is 74.6 Å². The Hall–Kier alpha value is -1.06. The maximum Gasteiger partial charge on any atom is 0.309 e. The summed E-state index contributed by atoms with van der Waals surface area (Å²) in [6, 6.07) is 0. The number of carbonyl (C=O) groups is 2. The van der Waals surface area contributed by atoms with E-state index in [1.54, 1.807) is 0 Å². The molecule has 4 bridgehead atoms. The Balaban J connectivity index is 2.11. The molecular weight excluding hydrogens is 220 g/mol. The van der Waals surface area contributed by atoms with Crippen molar-refractivity contribution in [3.8, 4) is 0 Å². The van der Waals surface area contributed by atoms with E-state index < -0.39 is 22.8 Å². The van der Waals surface area contributed by atoms with Crippen LogP contribution < -0.4 is 0 Å². The molecule has 0 amide bonds. The second-order valence-electron chi connectivity index (χ2n) is 6.43. The molecule has 0 radical (unpaired) electrons. The summed E-state index contributed by atoms with van der Waals surface area (Å²) in [5, 5.41) is 19.1. The number of hydrogen-bond donors (Lipinski definition) is 2. The van der Waals surface area contributed by atoms with Gasteiger partial charge in [-0.25, -0.2) is 0 Å². The first kappa shape index (κ1) is 11.1. The van der Waals surface area contributed by atoms with Crippen molar-refractivity contribution in [2.75, 3.05) is 0 Å². The Morgan fingerprint density at radius 3 is 1.59 bits per heavy atom. The first-order valence-electron chi connectivity index (χ1n) is 6.37. The zero-order valence-corrected chi connectivity index (χ0v) is 9.98. The van der Waals surface area contributed by atoms with Gasteiger partial charge in [0.15, 0.2) is 0 Å². The molecule has 17 heavy (non-hydrogen) atoms. The van der Waals surface area contributed by atoms with Gasteiger partial charge in [0.2, 0.25) is 0 Å². The first-order valence-corrected chi connectivity index (χ1v) is 6.37. The number of rotatable bonds is 2. The SMILES string of the molecule is CC1C2(C(=O)O)CC3CC(C2)CC1(C(=O)O)C3. The smallest absolute Gasteiger partial charge is 0.309 e. The van der Waals surface area contributed by atoms with Crippen LogP contribution in [-0.4, -0.2) is 22.2 Å². The highest BCUT2D eigenvalue weighted by Crippen LogP contribution is 2.68. The average molecular weight is 238 g/mol. The summed E-state index contributed by atoms with van der Waals surface area (Å²) in [5.74, 6) is -1.16. The maximum absolute atomic E-state index is 11.6. The van der Waals surface area contributed by atoms with Crippen LogP contribution in [0.25, 0.3) is 0 Å². The summed E-state index contributed by atoms with van der Waals surface area (Å²) in [5.41, 5.74) is -1.52. The quantitative estimate of drug-likeness (QED) is 0.771. The van der Waals surface area contributed by atoms with Crippen LogP contribution in [0.1, 0.15) is 39.0 Å².